The molecule has 47 heavy (non-hydrogen) atoms. The molecule has 3 aromatic heterocycles. The average molecular weight is 699 g/mol. The SMILES string of the molecule is CCCC[C@@H](COC(=O)[N+](Cc1cccs1)(Cc1cccs1)c1cccs1)NC(=O)N(C)[C@@H](CC(=O)OC)c1ccc2c(c1)OCO2. The number of thiophene rings is 3. The number of fused-ring (bicyclic) bond motifs is 1. The predicted octanol–water partition coefficient (Wildman–Crippen LogP) is 7.95. The minimum absolute atomic E-state index is 0.00433. The van der Waals surface area contributed by atoms with Crippen LogP contribution >= 0.6 is 34.0 Å². The van der Waals surface area contributed by atoms with E-state index >= 15 is 0 Å². The van der Waals surface area contributed by atoms with E-state index in [4.69, 9.17) is 18.9 Å². The maximum atomic E-state index is 14.3. The van der Waals surface area contributed by atoms with Crippen LogP contribution in [0.4, 0.5) is 14.6 Å². The molecule has 10 nitrogen and oxygen atoms in total. The number of benzene rings is 1. The summed E-state index contributed by atoms with van der Waals surface area (Å²) >= 11 is 4.75. The Morgan fingerprint density at radius 2 is 1.64 bits per heavy atom. The first kappa shape index (κ1) is 34.4. The number of esters is 1. The second kappa shape index (κ2) is 16.3. The highest BCUT2D eigenvalue weighted by molar-refractivity contribution is 7.14. The average Bonchev–Trinajstić information content (AvgIpc) is 3.92. The van der Waals surface area contributed by atoms with Crippen LogP contribution in [0.15, 0.2) is 70.7 Å². The van der Waals surface area contributed by atoms with Crippen LogP contribution in [0.5, 0.6) is 11.5 Å². The van der Waals surface area contributed by atoms with Crippen molar-refractivity contribution in [1.29, 1.82) is 0 Å². The topological polar surface area (TPSA) is 103 Å². The molecule has 1 aromatic carbocycles. The Morgan fingerprint density at radius 3 is 2.26 bits per heavy atom. The van der Waals surface area contributed by atoms with Crippen molar-refractivity contribution in [2.24, 2.45) is 0 Å². The maximum absolute atomic E-state index is 14.3. The van der Waals surface area contributed by atoms with Gasteiger partial charge in [-0.2, -0.15) is 9.28 Å². The van der Waals surface area contributed by atoms with Gasteiger partial charge in [-0.1, -0.05) is 49.3 Å². The Hall–Kier alpha value is -3.91. The number of amides is 3. The molecule has 0 fully saturated rings. The van der Waals surface area contributed by atoms with E-state index in [0.717, 1.165) is 27.6 Å². The third-order valence-electron chi connectivity index (χ3n) is 8.09. The summed E-state index contributed by atoms with van der Waals surface area (Å²) in [5, 5.41) is 9.97. The van der Waals surface area contributed by atoms with Gasteiger partial charge in [-0.25, -0.2) is 4.79 Å². The summed E-state index contributed by atoms with van der Waals surface area (Å²) in [7, 11) is 2.96. The van der Waals surface area contributed by atoms with Crippen molar-refractivity contribution < 1.29 is 33.3 Å². The molecule has 13 heteroatoms. The van der Waals surface area contributed by atoms with Crippen LogP contribution in [0.3, 0.4) is 0 Å². The third-order valence-corrected chi connectivity index (χ3v) is 10.8. The first-order valence-corrected chi connectivity index (χ1v) is 18.1. The van der Waals surface area contributed by atoms with E-state index < -0.39 is 24.1 Å². The quantitative estimate of drug-likeness (QED) is 0.0993. The van der Waals surface area contributed by atoms with E-state index in [-0.39, 0.29) is 30.4 Å². The van der Waals surface area contributed by atoms with Crippen LogP contribution in [0.1, 0.15) is 54.0 Å². The molecule has 4 heterocycles. The summed E-state index contributed by atoms with van der Waals surface area (Å²) in [5.41, 5.74) is 0.703. The highest BCUT2D eigenvalue weighted by atomic mass is 32.1. The van der Waals surface area contributed by atoms with Gasteiger partial charge >= 0.3 is 18.1 Å². The smallest absolute Gasteiger partial charge is 0.469 e. The Bertz CT molecular complexity index is 1560. The lowest BCUT2D eigenvalue weighted by molar-refractivity contribution is -0.141. The Balaban J connectivity index is 1.35. The van der Waals surface area contributed by atoms with Crippen molar-refractivity contribution >= 4 is 57.1 Å². The van der Waals surface area contributed by atoms with Crippen molar-refractivity contribution in [2.45, 2.75) is 57.8 Å². The second-order valence-electron chi connectivity index (χ2n) is 11.3. The third kappa shape index (κ3) is 8.52. The number of hydrogen-bond donors (Lipinski definition) is 1. The molecule has 1 N–H and O–H groups in total. The van der Waals surface area contributed by atoms with Gasteiger partial charge in [0.15, 0.2) is 16.5 Å². The molecule has 0 unspecified atom stereocenters. The zero-order valence-electron chi connectivity index (χ0n) is 26.7. The van der Waals surface area contributed by atoms with Crippen LogP contribution < -0.4 is 19.3 Å². The van der Waals surface area contributed by atoms with Gasteiger partial charge in [0.1, 0.15) is 19.7 Å². The molecule has 0 saturated heterocycles. The first-order valence-electron chi connectivity index (χ1n) is 15.5. The molecule has 0 spiro atoms. The summed E-state index contributed by atoms with van der Waals surface area (Å²) in [4.78, 5) is 44.1. The van der Waals surface area contributed by atoms with Gasteiger partial charge < -0.3 is 29.2 Å². The molecular weight excluding hydrogens is 659 g/mol. The zero-order chi connectivity index (χ0) is 33.2. The van der Waals surface area contributed by atoms with Crippen LogP contribution in [0.2, 0.25) is 0 Å². The summed E-state index contributed by atoms with van der Waals surface area (Å²) in [6.45, 7) is 3.10. The number of carbonyl (C=O) groups is 3. The van der Waals surface area contributed by atoms with Gasteiger partial charge in [-0.15, -0.1) is 22.7 Å². The van der Waals surface area contributed by atoms with Gasteiger partial charge in [0.05, 0.1) is 35.4 Å². The molecule has 0 aliphatic carbocycles. The minimum atomic E-state index is -0.633. The molecule has 0 radical (unpaired) electrons. The van der Waals surface area contributed by atoms with E-state index in [1.54, 1.807) is 41.9 Å². The van der Waals surface area contributed by atoms with Crippen molar-refractivity contribution in [1.82, 2.24) is 14.7 Å². The van der Waals surface area contributed by atoms with Crippen molar-refractivity contribution in [2.75, 3.05) is 27.6 Å². The Morgan fingerprint density at radius 1 is 0.957 bits per heavy atom. The largest absolute Gasteiger partial charge is 0.522 e. The molecule has 4 aromatic rings. The number of methoxy groups -OCH3 is 1. The molecule has 3 amide bonds. The maximum Gasteiger partial charge on any atom is 0.522 e. The van der Waals surface area contributed by atoms with Crippen molar-refractivity contribution in [3.8, 4) is 11.5 Å². The number of hydrogen-bond acceptors (Lipinski definition) is 10. The minimum Gasteiger partial charge on any atom is -0.469 e. The first-order chi connectivity index (χ1) is 22.8. The van der Waals surface area contributed by atoms with E-state index in [1.807, 2.05) is 58.6 Å². The van der Waals surface area contributed by atoms with Gasteiger partial charge in [-0.3, -0.25) is 4.79 Å². The van der Waals surface area contributed by atoms with Crippen molar-refractivity contribution in [3.05, 3.63) is 86.1 Å². The lowest BCUT2D eigenvalue weighted by Gasteiger charge is -2.33. The van der Waals surface area contributed by atoms with Gasteiger partial charge in [-0.05, 0) is 58.5 Å². The van der Waals surface area contributed by atoms with Crippen LogP contribution in [-0.4, -0.2) is 56.6 Å². The molecule has 0 bridgehead atoms. The molecule has 5 rings (SSSR count). The fraction of sp³-hybridized carbons (Fsp3) is 0.382. The number of unbranched alkanes of at least 4 members (excludes halogenated alkanes) is 1. The number of nitrogens with zero attached hydrogens (tertiary/aromatic N) is 2. The van der Waals surface area contributed by atoms with Gasteiger partial charge in [0, 0.05) is 13.1 Å². The number of nitrogens with one attached hydrogen (secondary N) is 1. The molecule has 1 aliphatic heterocycles. The highest BCUT2D eigenvalue weighted by Gasteiger charge is 2.44. The number of urea groups is 1. The lowest BCUT2D eigenvalue weighted by atomic mass is 10.0. The lowest BCUT2D eigenvalue weighted by Crippen LogP contribution is -2.54. The van der Waals surface area contributed by atoms with Crippen LogP contribution in [0, 0.1) is 0 Å². The zero-order valence-corrected chi connectivity index (χ0v) is 29.2. The second-order valence-corrected chi connectivity index (χ2v) is 14.3. The Labute approximate surface area is 287 Å². The number of rotatable bonds is 15. The Kier molecular flexibility index (Phi) is 11.9. The van der Waals surface area contributed by atoms with E-state index in [2.05, 4.69) is 12.2 Å². The monoisotopic (exact) mass is 698 g/mol. The molecule has 2 atom stereocenters. The van der Waals surface area contributed by atoms with Gasteiger partial charge in [0.25, 0.3) is 0 Å². The van der Waals surface area contributed by atoms with Crippen molar-refractivity contribution in [3.63, 3.8) is 0 Å². The molecule has 0 saturated carbocycles. The number of ether oxygens (including phenoxy) is 4. The predicted molar refractivity (Wildman–Crippen MR) is 185 cm³/mol. The molecular formula is C34H40N3O7S3+. The van der Waals surface area contributed by atoms with E-state index in [0.29, 0.717) is 36.6 Å². The summed E-state index contributed by atoms with van der Waals surface area (Å²) in [6.07, 6.45) is 1.92. The summed E-state index contributed by atoms with van der Waals surface area (Å²) in [5.74, 6) is 0.702. The molecule has 1 aliphatic rings. The number of carbonyl (C=O) groups excluding carboxylic acids is 3. The fourth-order valence-corrected chi connectivity index (χ4v) is 7.91. The standard InChI is InChI=1S/C34H39N3O7S3/c1-4-5-9-25(35-33(39)36(2)28(19-32(38)41-3)24-13-14-29-30(18-24)44-23-43-29)22-42-34(40)37(31-12-8-17-47-31,20-26-10-6-15-45-26)21-27-11-7-16-46-27/h6-8,10-18,25,28H,4-5,9,19-23H2,1-3H3/p+1/t25-,28-/m0/s1. The fourth-order valence-electron chi connectivity index (χ4n) is 5.48. The van der Waals surface area contributed by atoms with E-state index in [9.17, 15) is 14.4 Å². The highest BCUT2D eigenvalue weighted by Crippen LogP contribution is 2.38. The molecule has 250 valence electrons. The summed E-state index contributed by atoms with van der Waals surface area (Å²) in [6, 6.07) is 15.9. The van der Waals surface area contributed by atoms with Crippen LogP contribution in [0.25, 0.3) is 0 Å². The number of quaternary nitrogens is 1. The van der Waals surface area contributed by atoms with Crippen LogP contribution in [-0.2, 0) is 27.4 Å². The van der Waals surface area contributed by atoms with E-state index in [1.165, 1.54) is 23.3 Å². The normalized spacial score (nSPS) is 13.5. The summed E-state index contributed by atoms with van der Waals surface area (Å²) < 4.78 is 22.1. The van der Waals surface area contributed by atoms with Gasteiger partial charge in [0.2, 0.25) is 6.79 Å².